The molecule has 8 nitrogen and oxygen atoms in total. The first kappa shape index (κ1) is 27.0. The van der Waals surface area contributed by atoms with Crippen LogP contribution < -0.4 is 4.74 Å². The standard InChI is InChI=1S/C25H31ClN2O6S/c1-18(2)23(17-35(31,32)27(3)13-14-33-22-11-9-20(26)10-12-22)24(29)28-21(16-34-25(28)30)15-19-7-5-4-6-8-19/h4-12,18,21,23H,13-17H2,1-3H3/t21-,23-/m1/s1. The Labute approximate surface area is 211 Å². The summed E-state index contributed by atoms with van der Waals surface area (Å²) in [6.45, 7) is 3.87. The lowest BCUT2D eigenvalue weighted by atomic mass is 9.95. The van der Waals surface area contributed by atoms with Gasteiger partial charge in [-0.25, -0.2) is 22.4 Å². The van der Waals surface area contributed by atoms with Crippen LogP contribution in [-0.2, 0) is 26.0 Å². The highest BCUT2D eigenvalue weighted by Gasteiger charge is 2.43. The van der Waals surface area contributed by atoms with E-state index in [1.807, 2.05) is 30.3 Å². The highest BCUT2D eigenvalue weighted by atomic mass is 35.5. The Morgan fingerprint density at radius 3 is 2.46 bits per heavy atom. The highest BCUT2D eigenvalue weighted by molar-refractivity contribution is 7.89. The summed E-state index contributed by atoms with van der Waals surface area (Å²) < 4.78 is 38.1. The minimum absolute atomic E-state index is 0.0823. The van der Waals surface area contributed by atoms with Gasteiger partial charge in [-0.05, 0) is 42.2 Å². The molecule has 2 aromatic carbocycles. The molecule has 0 saturated carbocycles. The van der Waals surface area contributed by atoms with Gasteiger partial charge in [0.1, 0.15) is 19.0 Å². The zero-order valence-electron chi connectivity index (χ0n) is 20.1. The van der Waals surface area contributed by atoms with Gasteiger partial charge in [0.25, 0.3) is 0 Å². The van der Waals surface area contributed by atoms with Crippen molar-refractivity contribution in [3.8, 4) is 5.75 Å². The van der Waals surface area contributed by atoms with Crippen molar-refractivity contribution in [2.75, 3.05) is 32.6 Å². The molecule has 1 aliphatic rings. The van der Waals surface area contributed by atoms with Crippen LogP contribution in [0.2, 0.25) is 5.02 Å². The van der Waals surface area contributed by atoms with Gasteiger partial charge in [0.2, 0.25) is 15.9 Å². The Bertz CT molecular complexity index is 1110. The van der Waals surface area contributed by atoms with Crippen molar-refractivity contribution in [3.63, 3.8) is 0 Å². The third-order valence-corrected chi connectivity index (χ3v) is 8.15. The number of cyclic esters (lactones) is 1. The van der Waals surface area contributed by atoms with Crippen molar-refractivity contribution < 1.29 is 27.5 Å². The topological polar surface area (TPSA) is 93.2 Å². The molecule has 2 aromatic rings. The van der Waals surface area contributed by atoms with E-state index in [4.69, 9.17) is 21.1 Å². The van der Waals surface area contributed by atoms with Crippen molar-refractivity contribution in [2.45, 2.75) is 26.3 Å². The van der Waals surface area contributed by atoms with Gasteiger partial charge >= 0.3 is 6.09 Å². The van der Waals surface area contributed by atoms with Gasteiger partial charge in [0, 0.05) is 18.6 Å². The van der Waals surface area contributed by atoms with E-state index in [0.29, 0.717) is 17.2 Å². The number of halogens is 1. The Kier molecular flexibility index (Phi) is 9.15. The van der Waals surface area contributed by atoms with Crippen molar-refractivity contribution in [1.82, 2.24) is 9.21 Å². The summed E-state index contributed by atoms with van der Waals surface area (Å²) in [7, 11) is -2.35. The number of benzene rings is 2. The molecule has 0 spiro atoms. The average Bonchev–Trinajstić information content (AvgIpc) is 3.18. The molecule has 1 fully saturated rings. The van der Waals surface area contributed by atoms with Crippen molar-refractivity contribution in [3.05, 3.63) is 65.2 Å². The Morgan fingerprint density at radius 1 is 1.17 bits per heavy atom. The zero-order valence-corrected chi connectivity index (χ0v) is 21.7. The quantitative estimate of drug-likeness (QED) is 0.445. The summed E-state index contributed by atoms with van der Waals surface area (Å²) in [5.41, 5.74) is 0.961. The van der Waals surface area contributed by atoms with E-state index in [0.717, 1.165) is 10.5 Å². The molecule has 0 bridgehead atoms. The van der Waals surface area contributed by atoms with Crippen LogP contribution in [0.15, 0.2) is 54.6 Å². The SMILES string of the molecule is CC(C)[C@@H](CS(=O)(=O)N(C)CCOc1ccc(Cl)cc1)C(=O)N1C(=O)OC[C@H]1Cc1ccccc1. The van der Waals surface area contributed by atoms with E-state index in [2.05, 4.69) is 0 Å². The average molecular weight is 523 g/mol. The lowest BCUT2D eigenvalue weighted by Gasteiger charge is -2.28. The summed E-state index contributed by atoms with van der Waals surface area (Å²) in [4.78, 5) is 27.0. The second-order valence-corrected chi connectivity index (χ2v) is 11.4. The number of rotatable bonds is 11. The normalized spacial score (nSPS) is 17.0. The van der Waals surface area contributed by atoms with E-state index in [9.17, 15) is 18.0 Å². The summed E-state index contributed by atoms with van der Waals surface area (Å²) in [6.07, 6.45) is -0.290. The number of nitrogens with zero attached hydrogens (tertiary/aromatic N) is 2. The first-order valence-corrected chi connectivity index (χ1v) is 13.4. The minimum atomic E-state index is -3.80. The molecule has 1 saturated heterocycles. The second-order valence-electron chi connectivity index (χ2n) is 8.88. The molecule has 10 heteroatoms. The predicted octanol–water partition coefficient (Wildman–Crippen LogP) is 3.84. The van der Waals surface area contributed by atoms with Gasteiger partial charge in [-0.2, -0.15) is 0 Å². The summed E-state index contributed by atoms with van der Waals surface area (Å²) in [5.74, 6) is -1.57. The van der Waals surface area contributed by atoms with Crippen LogP contribution in [0.4, 0.5) is 4.79 Å². The van der Waals surface area contributed by atoms with Crippen molar-refractivity contribution >= 4 is 33.6 Å². The summed E-state index contributed by atoms with van der Waals surface area (Å²) in [5, 5.41) is 0.578. The Morgan fingerprint density at radius 2 is 1.83 bits per heavy atom. The third kappa shape index (κ3) is 7.19. The van der Waals surface area contributed by atoms with E-state index in [-0.39, 0.29) is 25.7 Å². The first-order valence-electron chi connectivity index (χ1n) is 11.4. The van der Waals surface area contributed by atoms with E-state index in [1.165, 1.54) is 11.4 Å². The number of imide groups is 1. The van der Waals surface area contributed by atoms with Gasteiger partial charge < -0.3 is 9.47 Å². The van der Waals surface area contributed by atoms with E-state index in [1.54, 1.807) is 38.1 Å². The molecule has 3 rings (SSSR count). The van der Waals surface area contributed by atoms with Crippen LogP contribution >= 0.6 is 11.6 Å². The predicted molar refractivity (Wildman–Crippen MR) is 134 cm³/mol. The molecular formula is C25H31ClN2O6S. The molecule has 1 heterocycles. The minimum Gasteiger partial charge on any atom is -0.492 e. The number of carbonyl (C=O) groups excluding carboxylic acids is 2. The molecule has 0 radical (unpaired) electrons. The van der Waals surface area contributed by atoms with Crippen LogP contribution in [0.5, 0.6) is 5.75 Å². The van der Waals surface area contributed by atoms with Gasteiger partial charge in [-0.1, -0.05) is 55.8 Å². The van der Waals surface area contributed by atoms with Crippen LogP contribution in [0.1, 0.15) is 19.4 Å². The Balaban J connectivity index is 1.65. The van der Waals surface area contributed by atoms with Gasteiger partial charge in [-0.3, -0.25) is 4.79 Å². The Hall–Kier alpha value is -2.62. The van der Waals surface area contributed by atoms with Gasteiger partial charge in [0.15, 0.2) is 0 Å². The highest BCUT2D eigenvalue weighted by Crippen LogP contribution is 2.25. The monoisotopic (exact) mass is 522 g/mol. The number of sulfonamides is 1. The van der Waals surface area contributed by atoms with Gasteiger partial charge in [-0.15, -0.1) is 0 Å². The molecule has 35 heavy (non-hydrogen) atoms. The summed E-state index contributed by atoms with van der Waals surface area (Å²) >= 11 is 5.86. The lowest BCUT2D eigenvalue weighted by molar-refractivity contribution is -0.134. The molecule has 0 aromatic heterocycles. The number of carbonyl (C=O) groups is 2. The largest absolute Gasteiger partial charge is 0.492 e. The zero-order chi connectivity index (χ0) is 25.6. The maximum atomic E-state index is 13.4. The number of amides is 2. The molecule has 1 aliphatic heterocycles. The molecular weight excluding hydrogens is 492 g/mol. The molecule has 2 atom stereocenters. The number of likely N-dealkylation sites (N-methyl/N-ethyl adjacent to an activating group) is 1. The van der Waals surface area contributed by atoms with Crippen molar-refractivity contribution in [1.29, 1.82) is 0 Å². The van der Waals surface area contributed by atoms with E-state index < -0.39 is 39.7 Å². The smallest absolute Gasteiger partial charge is 0.416 e. The van der Waals surface area contributed by atoms with Crippen LogP contribution in [0.3, 0.4) is 0 Å². The first-order chi connectivity index (χ1) is 16.6. The third-order valence-electron chi connectivity index (χ3n) is 5.99. The summed E-state index contributed by atoms with van der Waals surface area (Å²) in [6, 6.07) is 15.8. The lowest BCUT2D eigenvalue weighted by Crippen LogP contribution is -2.48. The van der Waals surface area contributed by atoms with Crippen LogP contribution in [0.25, 0.3) is 0 Å². The van der Waals surface area contributed by atoms with Gasteiger partial charge in [0.05, 0.1) is 17.7 Å². The number of ether oxygens (including phenoxy) is 2. The number of hydrogen-bond acceptors (Lipinski definition) is 6. The fourth-order valence-corrected chi connectivity index (χ4v) is 5.53. The second kappa shape index (κ2) is 11.9. The molecule has 0 N–H and O–H groups in total. The van der Waals surface area contributed by atoms with Crippen molar-refractivity contribution in [2.24, 2.45) is 11.8 Å². The number of hydrogen-bond donors (Lipinski definition) is 0. The van der Waals surface area contributed by atoms with Crippen LogP contribution in [0, 0.1) is 11.8 Å². The molecule has 190 valence electrons. The fraction of sp³-hybridized carbons (Fsp3) is 0.440. The molecule has 2 amide bonds. The van der Waals surface area contributed by atoms with E-state index >= 15 is 0 Å². The fourth-order valence-electron chi connectivity index (χ4n) is 3.81. The maximum Gasteiger partial charge on any atom is 0.416 e. The van der Waals surface area contributed by atoms with Crippen LogP contribution in [-0.4, -0.2) is 68.2 Å². The molecule has 0 aliphatic carbocycles. The maximum absolute atomic E-state index is 13.4. The molecule has 0 unspecified atom stereocenters.